The molecule has 2 heterocycles. The number of anilines is 1. The van der Waals surface area contributed by atoms with Crippen LogP contribution in [-0.4, -0.2) is 32.2 Å². The largest absolute Gasteiger partial charge is 0.497 e. The van der Waals surface area contributed by atoms with E-state index in [4.69, 9.17) is 9.72 Å². The number of hydrogen-bond acceptors (Lipinski definition) is 6. The van der Waals surface area contributed by atoms with Gasteiger partial charge in [0, 0.05) is 10.6 Å². The minimum absolute atomic E-state index is 0.310. The summed E-state index contributed by atoms with van der Waals surface area (Å²) in [6, 6.07) is 20.1. The number of nitrogens with zero attached hydrogens (tertiary/aromatic N) is 4. The molecule has 0 radical (unpaired) electrons. The molecule has 0 spiro atoms. The number of carbonyl (C=O) groups excluding carboxylic acids is 1. The van der Waals surface area contributed by atoms with Gasteiger partial charge < -0.3 is 10.1 Å². The number of rotatable bonds is 6. The number of amides is 1. The van der Waals surface area contributed by atoms with Crippen molar-refractivity contribution in [2.24, 2.45) is 0 Å². The van der Waals surface area contributed by atoms with Crippen molar-refractivity contribution < 1.29 is 13.9 Å². The molecule has 0 fully saturated rings. The van der Waals surface area contributed by atoms with Crippen LogP contribution in [0.2, 0.25) is 0 Å². The summed E-state index contributed by atoms with van der Waals surface area (Å²) in [4.78, 5) is 31.4. The normalized spacial score (nSPS) is 11.1. The van der Waals surface area contributed by atoms with E-state index in [2.05, 4.69) is 10.4 Å². The first-order valence-corrected chi connectivity index (χ1v) is 11.1. The zero-order valence-corrected chi connectivity index (χ0v) is 18.8. The van der Waals surface area contributed by atoms with Crippen LogP contribution in [0, 0.1) is 5.82 Å². The van der Waals surface area contributed by atoms with Crippen LogP contribution in [0.3, 0.4) is 0 Å². The van der Waals surface area contributed by atoms with E-state index in [1.165, 1.54) is 40.4 Å². The molecule has 0 atom stereocenters. The van der Waals surface area contributed by atoms with E-state index in [1.54, 1.807) is 13.2 Å². The maximum atomic E-state index is 13.3. The van der Waals surface area contributed by atoms with Crippen LogP contribution in [0.5, 0.6) is 5.75 Å². The highest BCUT2D eigenvalue weighted by molar-refractivity contribution is 7.99. The average molecular weight is 476 g/mol. The highest BCUT2D eigenvalue weighted by Gasteiger charge is 2.18. The zero-order chi connectivity index (χ0) is 23.7. The number of methoxy groups -OCH3 is 1. The summed E-state index contributed by atoms with van der Waals surface area (Å²) in [6.45, 7) is -0.310. The van der Waals surface area contributed by atoms with Crippen LogP contribution in [0.25, 0.3) is 16.7 Å². The van der Waals surface area contributed by atoms with Gasteiger partial charge in [0.05, 0.1) is 18.1 Å². The van der Waals surface area contributed by atoms with Gasteiger partial charge in [-0.25, -0.2) is 23.3 Å². The fourth-order valence-electron chi connectivity index (χ4n) is 3.49. The maximum Gasteiger partial charge on any atom is 0.351 e. The number of ether oxygens (including phenoxy) is 1. The Bertz CT molecular complexity index is 1580. The maximum absolute atomic E-state index is 13.3. The molecule has 2 aromatic heterocycles. The minimum Gasteiger partial charge on any atom is -0.497 e. The number of benzene rings is 3. The van der Waals surface area contributed by atoms with Gasteiger partial charge in [0.2, 0.25) is 5.91 Å². The summed E-state index contributed by atoms with van der Waals surface area (Å²) in [5, 5.41) is 7.59. The van der Waals surface area contributed by atoms with E-state index in [1.807, 2.05) is 42.5 Å². The molecule has 5 aromatic rings. The van der Waals surface area contributed by atoms with Crippen molar-refractivity contribution in [2.75, 3.05) is 12.4 Å². The Balaban J connectivity index is 1.55. The minimum atomic E-state index is -0.463. The predicted octanol–water partition coefficient (Wildman–Crippen LogP) is 3.98. The van der Waals surface area contributed by atoms with Crippen LogP contribution >= 0.6 is 11.8 Å². The van der Waals surface area contributed by atoms with E-state index in [9.17, 15) is 14.0 Å². The number of halogens is 1. The van der Waals surface area contributed by atoms with Gasteiger partial charge in [0.25, 0.3) is 0 Å². The molecule has 0 saturated carbocycles. The number of nitrogens with one attached hydrogen (secondary N) is 1. The first-order valence-electron chi connectivity index (χ1n) is 10.3. The van der Waals surface area contributed by atoms with Crippen LogP contribution in [-0.2, 0) is 11.3 Å². The Hall–Kier alpha value is -4.18. The molecular weight excluding hydrogens is 457 g/mol. The predicted molar refractivity (Wildman–Crippen MR) is 127 cm³/mol. The lowest BCUT2D eigenvalue weighted by Gasteiger charge is -2.07. The standard InChI is InChI=1S/C24H18FN5O3S/c1-33-17-5-4-6-18(13-17)34-23-22-28-29(14-21(31)26-16-11-9-15(25)10-12-16)24(32)30(22)20-8-3-2-7-19(20)27-23/h2-13H,14H2,1H3,(H,26,31). The molecule has 0 bridgehead atoms. The third-order valence-electron chi connectivity index (χ3n) is 5.05. The zero-order valence-electron chi connectivity index (χ0n) is 17.9. The Morgan fingerprint density at radius 3 is 2.68 bits per heavy atom. The number of fused-ring (bicyclic) bond motifs is 3. The topological polar surface area (TPSA) is 90.5 Å². The number of carbonyl (C=O) groups is 1. The molecule has 1 N–H and O–H groups in total. The van der Waals surface area contributed by atoms with Gasteiger partial charge in [-0.1, -0.05) is 30.0 Å². The highest BCUT2D eigenvalue weighted by Crippen LogP contribution is 2.32. The molecule has 3 aromatic carbocycles. The second-order valence-electron chi connectivity index (χ2n) is 7.34. The smallest absolute Gasteiger partial charge is 0.351 e. The second kappa shape index (κ2) is 8.99. The molecule has 0 aliphatic rings. The molecule has 0 aliphatic heterocycles. The summed E-state index contributed by atoms with van der Waals surface area (Å²) in [5.74, 6) is -0.173. The van der Waals surface area contributed by atoms with Gasteiger partial charge in [0.1, 0.15) is 23.1 Å². The Morgan fingerprint density at radius 1 is 1.09 bits per heavy atom. The summed E-state index contributed by atoms with van der Waals surface area (Å²) in [5.41, 5.74) is 1.51. The summed E-state index contributed by atoms with van der Waals surface area (Å²) in [6.07, 6.45) is 0. The van der Waals surface area contributed by atoms with Crippen molar-refractivity contribution in [1.82, 2.24) is 19.2 Å². The lowest BCUT2D eigenvalue weighted by Crippen LogP contribution is -2.28. The Labute approximate surface area is 197 Å². The molecule has 5 rings (SSSR count). The monoisotopic (exact) mass is 475 g/mol. The molecular formula is C24H18FN5O3S. The molecule has 8 nitrogen and oxygen atoms in total. The van der Waals surface area contributed by atoms with Crippen LogP contribution < -0.4 is 15.7 Å². The van der Waals surface area contributed by atoms with Crippen LogP contribution in [0.1, 0.15) is 0 Å². The average Bonchev–Trinajstić information content (AvgIpc) is 3.17. The van der Waals surface area contributed by atoms with Crippen LogP contribution in [0.4, 0.5) is 10.1 Å². The van der Waals surface area contributed by atoms with Crippen molar-refractivity contribution in [3.05, 3.63) is 89.1 Å². The van der Waals surface area contributed by atoms with Crippen molar-refractivity contribution in [2.45, 2.75) is 16.5 Å². The highest BCUT2D eigenvalue weighted by atomic mass is 32.2. The van der Waals surface area contributed by atoms with Gasteiger partial charge in [-0.15, -0.1) is 5.10 Å². The lowest BCUT2D eigenvalue weighted by atomic mass is 10.3. The first-order chi connectivity index (χ1) is 16.5. The fraction of sp³-hybridized carbons (Fsp3) is 0.0833. The van der Waals surface area contributed by atoms with Gasteiger partial charge in [-0.3, -0.25) is 4.79 Å². The summed E-state index contributed by atoms with van der Waals surface area (Å²) >= 11 is 1.34. The Morgan fingerprint density at radius 2 is 1.88 bits per heavy atom. The van der Waals surface area contributed by atoms with Crippen molar-refractivity contribution in [1.29, 1.82) is 0 Å². The third-order valence-corrected chi connectivity index (χ3v) is 6.01. The van der Waals surface area contributed by atoms with E-state index in [-0.39, 0.29) is 6.54 Å². The number of aromatic nitrogens is 4. The van der Waals surface area contributed by atoms with Gasteiger partial charge >= 0.3 is 5.69 Å². The molecule has 0 saturated heterocycles. The van der Waals surface area contributed by atoms with Gasteiger partial charge in [-0.05, 0) is 54.6 Å². The molecule has 1 amide bonds. The fourth-order valence-corrected chi connectivity index (χ4v) is 4.40. The molecule has 170 valence electrons. The SMILES string of the molecule is COc1cccc(Sc2nc3ccccc3n3c(=O)n(CC(=O)Nc4ccc(F)cc4)nc23)c1. The van der Waals surface area contributed by atoms with Gasteiger partial charge in [0.15, 0.2) is 5.65 Å². The van der Waals surface area contributed by atoms with Crippen molar-refractivity contribution >= 4 is 40.0 Å². The molecule has 0 unspecified atom stereocenters. The quantitative estimate of drug-likeness (QED) is 0.400. The lowest BCUT2D eigenvalue weighted by molar-refractivity contribution is -0.117. The van der Waals surface area contributed by atoms with E-state index in [0.29, 0.717) is 33.1 Å². The Kier molecular flexibility index (Phi) is 5.72. The third kappa shape index (κ3) is 4.23. The van der Waals surface area contributed by atoms with Crippen molar-refractivity contribution in [3.63, 3.8) is 0 Å². The summed E-state index contributed by atoms with van der Waals surface area (Å²) in [7, 11) is 1.59. The van der Waals surface area contributed by atoms with E-state index < -0.39 is 17.4 Å². The summed E-state index contributed by atoms with van der Waals surface area (Å²) < 4.78 is 21.0. The second-order valence-corrected chi connectivity index (χ2v) is 8.40. The van der Waals surface area contributed by atoms with Crippen LogP contribution in [0.15, 0.2) is 87.5 Å². The van der Waals surface area contributed by atoms with E-state index >= 15 is 0 Å². The van der Waals surface area contributed by atoms with Crippen molar-refractivity contribution in [3.8, 4) is 5.75 Å². The van der Waals surface area contributed by atoms with E-state index in [0.717, 1.165) is 9.58 Å². The van der Waals surface area contributed by atoms with Gasteiger partial charge in [-0.2, -0.15) is 0 Å². The molecule has 0 aliphatic carbocycles. The number of hydrogen-bond donors (Lipinski definition) is 1. The molecule has 34 heavy (non-hydrogen) atoms. The first kappa shape index (κ1) is 21.7. The molecule has 10 heteroatoms. The number of para-hydroxylation sites is 2.